The van der Waals surface area contributed by atoms with Crippen molar-refractivity contribution in [2.45, 2.75) is 25.3 Å². The zero-order valence-corrected chi connectivity index (χ0v) is 11.6. The summed E-state index contributed by atoms with van der Waals surface area (Å²) in [7, 11) is 0. The summed E-state index contributed by atoms with van der Waals surface area (Å²) in [4.78, 5) is 9.64. The van der Waals surface area contributed by atoms with Gasteiger partial charge in [-0.1, -0.05) is 12.5 Å². The van der Waals surface area contributed by atoms with Gasteiger partial charge in [0.05, 0.1) is 0 Å². The fourth-order valence-electron chi connectivity index (χ4n) is 2.94. The molecule has 0 aromatic carbocycles. The molecule has 3 rings (SSSR count). The van der Waals surface area contributed by atoms with Crippen molar-refractivity contribution in [1.29, 1.82) is 0 Å². The maximum Gasteiger partial charge on any atom is 0.129 e. The fourth-order valence-corrected chi connectivity index (χ4v) is 3.27. The summed E-state index contributed by atoms with van der Waals surface area (Å²) in [6.07, 6.45) is 4.12. The molecule has 1 aromatic rings. The van der Waals surface area contributed by atoms with E-state index in [1.165, 1.54) is 32.4 Å². The van der Waals surface area contributed by atoms with Crippen molar-refractivity contribution in [3.63, 3.8) is 0 Å². The van der Waals surface area contributed by atoms with Crippen LogP contribution in [-0.2, 0) is 0 Å². The SMILES string of the molecule is Brc1cccc(N2CCN3CCCCC3C2)n1. The Morgan fingerprint density at radius 2 is 2.12 bits per heavy atom. The average molecular weight is 296 g/mol. The molecule has 3 heterocycles. The third-order valence-electron chi connectivity index (χ3n) is 3.86. The third kappa shape index (κ3) is 2.47. The number of piperidine rings is 1. The van der Waals surface area contributed by atoms with Crippen LogP contribution >= 0.6 is 15.9 Å². The van der Waals surface area contributed by atoms with Crippen molar-refractivity contribution in [1.82, 2.24) is 9.88 Å². The Kier molecular flexibility index (Phi) is 3.34. The minimum absolute atomic E-state index is 0.748. The highest BCUT2D eigenvalue weighted by Gasteiger charge is 2.29. The molecule has 1 atom stereocenters. The van der Waals surface area contributed by atoms with E-state index in [0.29, 0.717) is 0 Å². The lowest BCUT2D eigenvalue weighted by Gasteiger charge is -2.44. The summed E-state index contributed by atoms with van der Waals surface area (Å²) < 4.78 is 0.932. The lowest BCUT2D eigenvalue weighted by atomic mass is 9.99. The second kappa shape index (κ2) is 4.94. The average Bonchev–Trinajstić information content (AvgIpc) is 2.38. The molecule has 0 amide bonds. The first kappa shape index (κ1) is 11.5. The Hall–Kier alpha value is -0.610. The number of hydrogen-bond acceptors (Lipinski definition) is 3. The lowest BCUT2D eigenvalue weighted by molar-refractivity contribution is 0.133. The minimum Gasteiger partial charge on any atom is -0.354 e. The first-order chi connectivity index (χ1) is 8.33. The van der Waals surface area contributed by atoms with E-state index in [-0.39, 0.29) is 0 Å². The van der Waals surface area contributed by atoms with Crippen molar-refractivity contribution >= 4 is 21.7 Å². The normalized spacial score (nSPS) is 25.7. The Morgan fingerprint density at radius 1 is 1.18 bits per heavy atom. The number of pyridine rings is 1. The Balaban J connectivity index is 1.73. The Bertz CT molecular complexity index is 396. The van der Waals surface area contributed by atoms with Gasteiger partial charge in [0.2, 0.25) is 0 Å². The summed E-state index contributed by atoms with van der Waals surface area (Å²) >= 11 is 3.45. The molecular weight excluding hydrogens is 278 g/mol. The minimum atomic E-state index is 0.748. The highest BCUT2D eigenvalue weighted by atomic mass is 79.9. The molecule has 4 heteroatoms. The number of rotatable bonds is 1. The number of halogens is 1. The smallest absolute Gasteiger partial charge is 0.129 e. The summed E-state index contributed by atoms with van der Waals surface area (Å²) in [5.74, 6) is 1.12. The van der Waals surface area contributed by atoms with Crippen LogP contribution < -0.4 is 4.90 Å². The Labute approximate surface area is 111 Å². The molecule has 2 aliphatic rings. The van der Waals surface area contributed by atoms with Crippen LogP contribution in [0.25, 0.3) is 0 Å². The van der Waals surface area contributed by atoms with Crippen molar-refractivity contribution in [3.8, 4) is 0 Å². The van der Waals surface area contributed by atoms with Crippen LogP contribution in [0, 0.1) is 0 Å². The molecule has 17 heavy (non-hydrogen) atoms. The summed E-state index contributed by atoms with van der Waals surface area (Å²) in [5, 5.41) is 0. The number of aromatic nitrogens is 1. The van der Waals surface area contributed by atoms with E-state index in [0.717, 1.165) is 29.6 Å². The van der Waals surface area contributed by atoms with Gasteiger partial charge >= 0.3 is 0 Å². The van der Waals surface area contributed by atoms with E-state index in [1.54, 1.807) is 0 Å². The van der Waals surface area contributed by atoms with Crippen LogP contribution in [-0.4, -0.2) is 42.1 Å². The van der Waals surface area contributed by atoms with Gasteiger partial charge in [-0.25, -0.2) is 4.98 Å². The monoisotopic (exact) mass is 295 g/mol. The van der Waals surface area contributed by atoms with Gasteiger partial charge in [-0.05, 0) is 47.4 Å². The van der Waals surface area contributed by atoms with Gasteiger partial charge < -0.3 is 4.90 Å². The highest BCUT2D eigenvalue weighted by molar-refractivity contribution is 9.10. The topological polar surface area (TPSA) is 19.4 Å². The predicted octanol–water partition coefficient (Wildman–Crippen LogP) is 2.52. The molecule has 2 fully saturated rings. The summed E-state index contributed by atoms with van der Waals surface area (Å²) in [6, 6.07) is 6.92. The van der Waals surface area contributed by atoms with E-state index in [2.05, 4.69) is 42.8 Å². The van der Waals surface area contributed by atoms with E-state index in [4.69, 9.17) is 0 Å². The predicted molar refractivity (Wildman–Crippen MR) is 73.4 cm³/mol. The molecule has 0 bridgehead atoms. The zero-order chi connectivity index (χ0) is 11.7. The largest absolute Gasteiger partial charge is 0.354 e. The highest BCUT2D eigenvalue weighted by Crippen LogP contribution is 2.24. The lowest BCUT2D eigenvalue weighted by Crippen LogP contribution is -2.55. The summed E-state index contributed by atoms with van der Waals surface area (Å²) in [5.41, 5.74) is 0. The van der Waals surface area contributed by atoms with Gasteiger partial charge in [-0.3, -0.25) is 4.90 Å². The number of hydrogen-bond donors (Lipinski definition) is 0. The molecule has 2 aliphatic heterocycles. The van der Waals surface area contributed by atoms with Crippen molar-refractivity contribution in [2.24, 2.45) is 0 Å². The maximum absolute atomic E-state index is 4.56. The molecule has 0 N–H and O–H groups in total. The molecule has 0 radical (unpaired) electrons. The molecule has 0 spiro atoms. The number of piperazine rings is 1. The van der Waals surface area contributed by atoms with Gasteiger partial charge in [0.25, 0.3) is 0 Å². The van der Waals surface area contributed by atoms with E-state index in [9.17, 15) is 0 Å². The maximum atomic E-state index is 4.56. The molecule has 0 aliphatic carbocycles. The van der Waals surface area contributed by atoms with E-state index >= 15 is 0 Å². The van der Waals surface area contributed by atoms with Gasteiger partial charge in [0, 0.05) is 25.7 Å². The van der Waals surface area contributed by atoms with Crippen LogP contribution in [0.15, 0.2) is 22.8 Å². The molecule has 1 unspecified atom stereocenters. The van der Waals surface area contributed by atoms with Crippen LogP contribution in [0.1, 0.15) is 19.3 Å². The van der Waals surface area contributed by atoms with Gasteiger partial charge in [0.1, 0.15) is 10.4 Å². The van der Waals surface area contributed by atoms with Crippen LogP contribution in [0.3, 0.4) is 0 Å². The molecular formula is C13H18BrN3. The molecule has 3 nitrogen and oxygen atoms in total. The third-order valence-corrected chi connectivity index (χ3v) is 4.30. The van der Waals surface area contributed by atoms with Crippen molar-refractivity contribution < 1.29 is 0 Å². The zero-order valence-electron chi connectivity index (χ0n) is 9.98. The fraction of sp³-hybridized carbons (Fsp3) is 0.615. The summed E-state index contributed by atoms with van der Waals surface area (Å²) in [6.45, 7) is 4.74. The van der Waals surface area contributed by atoms with Crippen molar-refractivity contribution in [2.75, 3.05) is 31.1 Å². The molecule has 2 saturated heterocycles. The van der Waals surface area contributed by atoms with E-state index in [1.807, 2.05) is 6.07 Å². The number of anilines is 1. The quantitative estimate of drug-likeness (QED) is 0.742. The second-order valence-corrected chi connectivity index (χ2v) is 5.76. The van der Waals surface area contributed by atoms with Crippen LogP contribution in [0.2, 0.25) is 0 Å². The molecule has 1 aromatic heterocycles. The first-order valence-corrected chi connectivity index (χ1v) is 7.24. The number of fused-ring (bicyclic) bond motifs is 1. The van der Waals surface area contributed by atoms with Crippen molar-refractivity contribution in [3.05, 3.63) is 22.8 Å². The van der Waals surface area contributed by atoms with Crippen LogP contribution in [0.4, 0.5) is 5.82 Å². The van der Waals surface area contributed by atoms with Gasteiger partial charge in [-0.15, -0.1) is 0 Å². The van der Waals surface area contributed by atoms with E-state index < -0.39 is 0 Å². The molecule has 92 valence electrons. The van der Waals surface area contributed by atoms with Gasteiger partial charge in [-0.2, -0.15) is 0 Å². The Morgan fingerprint density at radius 3 is 3.00 bits per heavy atom. The first-order valence-electron chi connectivity index (χ1n) is 6.44. The van der Waals surface area contributed by atoms with Gasteiger partial charge in [0.15, 0.2) is 0 Å². The number of nitrogens with zero attached hydrogens (tertiary/aromatic N) is 3. The second-order valence-electron chi connectivity index (χ2n) is 4.95. The standard InChI is InChI=1S/C13H18BrN3/c14-12-5-3-6-13(15-12)17-9-8-16-7-2-1-4-11(16)10-17/h3,5-6,11H,1-2,4,7-10H2. The van der Waals surface area contributed by atoms with Crippen LogP contribution in [0.5, 0.6) is 0 Å². The molecule has 0 saturated carbocycles.